The molecule has 0 unspecified atom stereocenters. The van der Waals surface area contributed by atoms with Crippen molar-refractivity contribution in [3.8, 4) is 28.6 Å². The van der Waals surface area contributed by atoms with Crippen LogP contribution >= 0.6 is 0 Å². The summed E-state index contributed by atoms with van der Waals surface area (Å²) < 4.78 is 39.0. The van der Waals surface area contributed by atoms with Gasteiger partial charge in [-0.3, -0.25) is 9.59 Å². The number of aryl methyl sites for hydroxylation is 3. The van der Waals surface area contributed by atoms with Crippen LogP contribution in [0.5, 0.6) is 17.4 Å². The van der Waals surface area contributed by atoms with Gasteiger partial charge in [-0.05, 0) is 74.4 Å². The fourth-order valence-electron chi connectivity index (χ4n) is 4.03. The van der Waals surface area contributed by atoms with E-state index in [0.29, 0.717) is 17.2 Å². The third-order valence-electron chi connectivity index (χ3n) is 5.77. The van der Waals surface area contributed by atoms with Crippen molar-refractivity contribution in [3.05, 3.63) is 93.9 Å². The van der Waals surface area contributed by atoms with Gasteiger partial charge >= 0.3 is 0 Å². The van der Waals surface area contributed by atoms with Gasteiger partial charge in [-0.15, -0.1) is 0 Å². The first kappa shape index (κ1) is 25.8. The highest BCUT2D eigenvalue weighted by atomic mass is 32.2. The highest BCUT2D eigenvalue weighted by Crippen LogP contribution is 2.33. The van der Waals surface area contributed by atoms with Crippen molar-refractivity contribution in [3.63, 3.8) is 0 Å². The van der Waals surface area contributed by atoms with Crippen LogP contribution in [0, 0.1) is 20.8 Å². The maximum absolute atomic E-state index is 13.2. The van der Waals surface area contributed by atoms with E-state index in [4.69, 9.17) is 9.47 Å². The smallest absolute Gasteiger partial charge is 0.270 e. The summed E-state index contributed by atoms with van der Waals surface area (Å²) in [4.78, 5) is 29.4. The summed E-state index contributed by atoms with van der Waals surface area (Å²) in [5.41, 5.74) is 3.86. The van der Waals surface area contributed by atoms with Crippen LogP contribution in [-0.4, -0.2) is 32.2 Å². The Kier molecular flexibility index (Phi) is 7.26. The van der Waals surface area contributed by atoms with E-state index in [2.05, 4.69) is 4.98 Å². The highest BCUT2D eigenvalue weighted by molar-refractivity contribution is 7.95. The van der Waals surface area contributed by atoms with Gasteiger partial charge < -0.3 is 9.47 Å². The molecule has 0 saturated heterocycles. The van der Waals surface area contributed by atoms with Crippen LogP contribution in [0.3, 0.4) is 0 Å². The monoisotopic (exact) mass is 518 g/mol. The molecule has 3 aromatic rings. The molecule has 8 nitrogen and oxygen atoms in total. The van der Waals surface area contributed by atoms with Gasteiger partial charge in [0, 0.05) is 12.0 Å². The zero-order chi connectivity index (χ0) is 26.7. The molecule has 9 heteroatoms. The minimum absolute atomic E-state index is 0.0562. The molecule has 0 fully saturated rings. The van der Waals surface area contributed by atoms with Crippen LogP contribution < -0.4 is 14.2 Å². The van der Waals surface area contributed by atoms with Gasteiger partial charge in [0.15, 0.2) is 5.78 Å². The maximum atomic E-state index is 13.2. The number of aromatic nitrogens is 1. The molecule has 1 aromatic heterocycles. The number of nitrogens with zero attached hydrogens (tertiary/aromatic N) is 1. The number of Topliss-reactive ketones (excluding diaryl/α,β-unsaturated/α-hetero) is 1. The summed E-state index contributed by atoms with van der Waals surface area (Å²) in [5.74, 6) is -0.446. The number of benzene rings is 2. The minimum atomic E-state index is -4.40. The first-order valence-corrected chi connectivity index (χ1v) is 13.0. The molecule has 0 radical (unpaired) electrons. The Labute approximate surface area is 215 Å². The first-order valence-electron chi connectivity index (χ1n) is 11.5. The molecule has 190 valence electrons. The largest absolute Gasteiger partial charge is 0.497 e. The number of hydrogen-bond acceptors (Lipinski definition) is 7. The van der Waals surface area contributed by atoms with Crippen LogP contribution in [-0.2, 0) is 14.8 Å². The first-order chi connectivity index (χ1) is 17.6. The average molecular weight is 519 g/mol. The number of rotatable bonds is 7. The van der Waals surface area contributed by atoms with Gasteiger partial charge in [0.2, 0.25) is 5.88 Å². The molecule has 4 rings (SSSR count). The highest BCUT2D eigenvalue weighted by Gasteiger charge is 2.29. The van der Waals surface area contributed by atoms with Gasteiger partial charge in [-0.25, -0.2) is 18.1 Å². The van der Waals surface area contributed by atoms with Gasteiger partial charge in [0.1, 0.15) is 22.0 Å². The lowest BCUT2D eigenvalue weighted by molar-refractivity contribution is -0.114. The van der Waals surface area contributed by atoms with E-state index in [1.54, 1.807) is 31.4 Å². The lowest BCUT2D eigenvalue weighted by Crippen LogP contribution is -2.34. The third-order valence-corrected chi connectivity index (χ3v) is 7.17. The average Bonchev–Trinajstić information content (AvgIpc) is 2.86. The number of methoxy groups -OCH3 is 1. The van der Waals surface area contributed by atoms with Crippen LogP contribution in [0.4, 0.5) is 0 Å². The van der Waals surface area contributed by atoms with Gasteiger partial charge in [0.05, 0.1) is 12.8 Å². The minimum Gasteiger partial charge on any atom is -0.497 e. The summed E-state index contributed by atoms with van der Waals surface area (Å²) in [6.07, 6.45) is 4.12. The number of hydrogen-bond donors (Lipinski definition) is 1. The van der Waals surface area contributed by atoms with Gasteiger partial charge in [-0.1, -0.05) is 29.8 Å². The number of carbonyl (C=O) groups excluding carboxylic acids is 2. The Balaban J connectivity index is 1.76. The molecule has 37 heavy (non-hydrogen) atoms. The normalized spacial score (nSPS) is 13.2. The molecule has 1 aliphatic rings. The van der Waals surface area contributed by atoms with Crippen molar-refractivity contribution in [2.24, 2.45) is 0 Å². The van der Waals surface area contributed by atoms with Crippen molar-refractivity contribution >= 4 is 21.7 Å². The number of allylic oxidation sites excluding steroid dienone is 4. The number of carbonyl (C=O) groups is 2. The van der Waals surface area contributed by atoms with Crippen molar-refractivity contribution in [2.75, 3.05) is 7.11 Å². The van der Waals surface area contributed by atoms with E-state index in [1.165, 1.54) is 18.2 Å². The zero-order valence-corrected chi connectivity index (χ0v) is 21.7. The summed E-state index contributed by atoms with van der Waals surface area (Å²) >= 11 is 0. The lowest BCUT2D eigenvalue weighted by atomic mass is 10.1. The molecule has 1 heterocycles. The van der Waals surface area contributed by atoms with Crippen molar-refractivity contribution in [2.45, 2.75) is 27.2 Å². The second kappa shape index (κ2) is 10.4. The quantitative estimate of drug-likeness (QED) is 0.471. The number of amides is 1. The Morgan fingerprint density at radius 2 is 1.68 bits per heavy atom. The second-order valence-corrected chi connectivity index (χ2v) is 10.3. The van der Waals surface area contributed by atoms with E-state index < -0.39 is 26.6 Å². The molecule has 2 aromatic carbocycles. The Morgan fingerprint density at radius 3 is 2.30 bits per heavy atom. The molecule has 1 amide bonds. The van der Waals surface area contributed by atoms with E-state index in [0.717, 1.165) is 22.3 Å². The van der Waals surface area contributed by atoms with Crippen molar-refractivity contribution in [1.82, 2.24) is 9.71 Å². The number of ether oxygens (including phenoxy) is 2. The lowest BCUT2D eigenvalue weighted by Gasteiger charge is -2.16. The topological polar surface area (TPSA) is 112 Å². The molecule has 1 aliphatic carbocycles. The Bertz CT molecular complexity index is 1530. The van der Waals surface area contributed by atoms with E-state index in [9.17, 15) is 18.0 Å². The number of ketones is 1. The van der Waals surface area contributed by atoms with E-state index in [1.807, 2.05) is 49.8 Å². The standard InChI is InChI=1S/C28H26N2O6S/c1-17-15-18(2)26(19(3)16-17)36-28-22(13-14-23(29-28)20-9-11-21(35-4)12-10-20)27(32)30-37(33,34)25-8-6-5-7-24(25)31/h5-6,8-16H,7H2,1-4H3,(H,30,32). The Hall–Kier alpha value is -4.24. The van der Waals surface area contributed by atoms with Crippen molar-refractivity contribution in [1.29, 1.82) is 0 Å². The van der Waals surface area contributed by atoms with Crippen LogP contribution in [0.15, 0.2) is 71.7 Å². The maximum Gasteiger partial charge on any atom is 0.270 e. The summed E-state index contributed by atoms with van der Waals surface area (Å²) in [7, 11) is -2.83. The number of nitrogens with one attached hydrogen (secondary N) is 1. The molecule has 1 N–H and O–H groups in total. The molecular formula is C28H26N2O6S. The number of pyridine rings is 1. The summed E-state index contributed by atoms with van der Waals surface area (Å²) in [6, 6.07) is 14.1. The SMILES string of the molecule is COc1ccc(-c2ccc(C(=O)NS(=O)(=O)C3=CC=CCC3=O)c(Oc3c(C)cc(C)cc3C)n2)cc1. The van der Waals surface area contributed by atoms with E-state index in [-0.39, 0.29) is 17.9 Å². The fraction of sp³-hybridized carbons (Fsp3) is 0.179. The van der Waals surface area contributed by atoms with E-state index >= 15 is 0 Å². The predicted octanol–water partition coefficient (Wildman–Crippen LogP) is 4.95. The fourth-order valence-corrected chi connectivity index (χ4v) is 5.14. The van der Waals surface area contributed by atoms with Crippen LogP contribution in [0.1, 0.15) is 33.5 Å². The zero-order valence-electron chi connectivity index (χ0n) is 20.9. The van der Waals surface area contributed by atoms with Crippen molar-refractivity contribution < 1.29 is 27.5 Å². The molecule has 0 aliphatic heterocycles. The second-order valence-electron chi connectivity index (χ2n) is 8.63. The molecule has 0 bridgehead atoms. The molecule has 0 spiro atoms. The summed E-state index contributed by atoms with van der Waals surface area (Å²) in [6.45, 7) is 5.72. The van der Waals surface area contributed by atoms with Crippen LogP contribution in [0.25, 0.3) is 11.3 Å². The third kappa shape index (κ3) is 5.62. The van der Waals surface area contributed by atoms with Gasteiger partial charge in [0.25, 0.3) is 15.9 Å². The predicted molar refractivity (Wildman–Crippen MR) is 140 cm³/mol. The molecule has 0 atom stereocenters. The number of sulfonamides is 1. The Morgan fingerprint density at radius 1 is 1.00 bits per heavy atom. The molecular weight excluding hydrogens is 492 g/mol. The summed E-state index contributed by atoms with van der Waals surface area (Å²) in [5, 5.41) is 0. The van der Waals surface area contributed by atoms with Gasteiger partial charge in [-0.2, -0.15) is 0 Å². The van der Waals surface area contributed by atoms with Crippen LogP contribution in [0.2, 0.25) is 0 Å². The molecule has 0 saturated carbocycles.